The van der Waals surface area contributed by atoms with Crippen molar-refractivity contribution in [2.45, 2.75) is 49.0 Å². The topological polar surface area (TPSA) is 123 Å². The van der Waals surface area contributed by atoms with Gasteiger partial charge in [0.2, 0.25) is 0 Å². The number of phenolic OH excluding ortho intramolecular Hbond substituents is 2. The molecule has 0 saturated carbocycles. The van der Waals surface area contributed by atoms with E-state index in [4.69, 9.17) is 10.5 Å². The Balaban J connectivity index is 1.75. The first kappa shape index (κ1) is 29.8. The maximum Gasteiger partial charge on any atom is 0.163 e. The van der Waals surface area contributed by atoms with E-state index in [9.17, 15) is 19.8 Å². The molecule has 9 heteroatoms. The smallest absolute Gasteiger partial charge is 0.163 e. The lowest BCUT2D eigenvalue weighted by molar-refractivity contribution is -0.124. The van der Waals surface area contributed by atoms with Crippen molar-refractivity contribution < 1.29 is 24.5 Å². The molecule has 5 rings (SSSR count). The lowest BCUT2D eigenvalue weighted by Crippen LogP contribution is -2.18. The highest BCUT2D eigenvalue weighted by Gasteiger charge is 2.29. The predicted octanol–water partition coefficient (Wildman–Crippen LogP) is 6.99. The first-order chi connectivity index (χ1) is 20.3. The molecule has 2 heterocycles. The molecule has 4 bridgehead atoms. The summed E-state index contributed by atoms with van der Waals surface area (Å²) in [7, 11) is 4.85. The number of Topliss-reactive ketones (excluding diaryl/α,β-unsaturated/α-hetero) is 1. The molecule has 2 aliphatic rings. The summed E-state index contributed by atoms with van der Waals surface area (Å²) in [5.41, 5.74) is 10.5. The maximum atomic E-state index is 12.8. The van der Waals surface area contributed by atoms with E-state index in [0.717, 1.165) is 28.7 Å². The first-order valence-electron chi connectivity index (χ1n) is 14.0. The Hall–Kier alpha value is -3.69. The average Bonchev–Trinajstić information content (AvgIpc) is 2.97. The predicted molar refractivity (Wildman–Crippen MR) is 170 cm³/mol. The monoisotopic (exact) mass is 602 g/mol. The van der Waals surface area contributed by atoms with Gasteiger partial charge in [0.05, 0.1) is 18.8 Å². The van der Waals surface area contributed by atoms with Crippen LogP contribution in [0, 0.1) is 5.92 Å². The Morgan fingerprint density at radius 3 is 2.62 bits per heavy atom. The number of fused-ring (bicyclic) bond motifs is 7. The third-order valence-electron chi connectivity index (χ3n) is 7.86. The summed E-state index contributed by atoms with van der Waals surface area (Å²) in [6.07, 6.45) is 10.9. The third-order valence-corrected chi connectivity index (χ3v) is 11.0. The molecular formula is C33H34N2O5S2. The molecule has 4 N–H and O–H groups in total. The highest BCUT2D eigenvalue weighted by Crippen LogP contribution is 2.50. The zero-order valence-corrected chi connectivity index (χ0v) is 25.2. The minimum absolute atomic E-state index is 0.0213. The Labute approximate surface area is 253 Å². The van der Waals surface area contributed by atoms with Crippen molar-refractivity contribution in [2.24, 2.45) is 5.92 Å². The number of methoxy groups -OCH3 is 1. The van der Waals surface area contributed by atoms with Crippen LogP contribution in [0.5, 0.6) is 17.2 Å². The Kier molecular flexibility index (Phi) is 9.28. The Bertz CT molecular complexity index is 1550. The van der Waals surface area contributed by atoms with Crippen LogP contribution in [0.4, 0.5) is 5.82 Å². The fourth-order valence-electron chi connectivity index (χ4n) is 5.52. The molecule has 7 nitrogen and oxygen atoms in total. The van der Waals surface area contributed by atoms with Crippen molar-refractivity contribution in [2.75, 3.05) is 12.8 Å². The lowest BCUT2D eigenvalue weighted by atomic mass is 9.85. The van der Waals surface area contributed by atoms with Crippen molar-refractivity contribution in [3.63, 3.8) is 0 Å². The molecule has 218 valence electrons. The summed E-state index contributed by atoms with van der Waals surface area (Å²) in [6.45, 7) is 2.12. The lowest BCUT2D eigenvalue weighted by Gasteiger charge is -2.28. The molecule has 1 aliphatic heterocycles. The van der Waals surface area contributed by atoms with E-state index in [1.54, 1.807) is 58.1 Å². The Morgan fingerprint density at radius 2 is 1.86 bits per heavy atom. The molecule has 0 fully saturated rings. The molecule has 0 radical (unpaired) electrons. The number of aromatic hydroxyl groups is 2. The number of ether oxygens (including phenoxy) is 1. The van der Waals surface area contributed by atoms with Crippen molar-refractivity contribution in [1.82, 2.24) is 4.98 Å². The van der Waals surface area contributed by atoms with Crippen LogP contribution in [-0.4, -0.2) is 39.1 Å². The van der Waals surface area contributed by atoms with Gasteiger partial charge in [-0.2, -0.15) is 0 Å². The van der Waals surface area contributed by atoms with Gasteiger partial charge in [-0.15, -0.1) is 0 Å². The summed E-state index contributed by atoms with van der Waals surface area (Å²) in [5, 5.41) is 21.0. The number of nitrogens with two attached hydrogens (primary N) is 1. The number of hydrogen-bond acceptors (Lipinski definition) is 9. The normalized spacial score (nSPS) is 22.8. The fourth-order valence-corrected chi connectivity index (χ4v) is 8.97. The van der Waals surface area contributed by atoms with E-state index >= 15 is 0 Å². The fraction of sp³-hybridized carbons (Fsp3) is 0.303. The van der Waals surface area contributed by atoms with Crippen molar-refractivity contribution >= 4 is 45.0 Å². The SMILES string of the molecule is CCC1CCC(=O)CC(=O)C=Cc2cc(OC)c(O)cc2C2C=CC1SSC(c1cccc(O)c1)c1cc2cnc1N. The summed E-state index contributed by atoms with van der Waals surface area (Å²) in [6, 6.07) is 12.6. The van der Waals surface area contributed by atoms with E-state index in [0.29, 0.717) is 24.2 Å². The summed E-state index contributed by atoms with van der Waals surface area (Å²) in [4.78, 5) is 30.1. The van der Waals surface area contributed by atoms with Gasteiger partial charge >= 0.3 is 0 Å². The number of rotatable bonds is 3. The van der Waals surface area contributed by atoms with Gasteiger partial charge in [-0.25, -0.2) is 4.98 Å². The molecule has 1 aromatic heterocycles. The van der Waals surface area contributed by atoms with Gasteiger partial charge in [0.25, 0.3) is 0 Å². The molecule has 1 aliphatic carbocycles. The summed E-state index contributed by atoms with van der Waals surface area (Å²) >= 11 is 0. The number of pyridine rings is 1. The van der Waals surface area contributed by atoms with E-state index < -0.39 is 0 Å². The van der Waals surface area contributed by atoms with Gasteiger partial charge in [-0.3, -0.25) is 9.59 Å². The number of ketones is 2. The second-order valence-electron chi connectivity index (χ2n) is 10.6. The molecule has 4 atom stereocenters. The quantitative estimate of drug-likeness (QED) is 0.165. The van der Waals surface area contributed by atoms with Crippen LogP contribution in [0.1, 0.15) is 71.6 Å². The van der Waals surface area contributed by atoms with Crippen LogP contribution in [0.25, 0.3) is 6.08 Å². The Morgan fingerprint density at radius 1 is 1.02 bits per heavy atom. The van der Waals surface area contributed by atoms with Gasteiger partial charge < -0.3 is 20.7 Å². The molecule has 0 spiro atoms. The van der Waals surface area contributed by atoms with Gasteiger partial charge in [0.1, 0.15) is 17.4 Å². The highest BCUT2D eigenvalue weighted by atomic mass is 33.1. The van der Waals surface area contributed by atoms with Crippen LogP contribution in [0.2, 0.25) is 0 Å². The van der Waals surface area contributed by atoms with Crippen LogP contribution >= 0.6 is 21.6 Å². The van der Waals surface area contributed by atoms with E-state index in [1.165, 1.54) is 13.2 Å². The zero-order chi connectivity index (χ0) is 29.8. The standard InChI is InChI=1S/C33H34N2O5S2/c1-3-19-7-9-24(37)16-25(38)10-8-20-15-30(40-2)29(39)17-27(20)26-11-12-31(19)41-42-32(21-5-4-6-23(36)13-21)28-14-22(26)18-35-33(28)34/h4-6,8,10-15,17-19,26,31-32,36,39H,3,7,9,16H2,1-2H3,(H2,34,35). The van der Waals surface area contributed by atoms with E-state index in [2.05, 4.69) is 24.1 Å². The number of allylic oxidation sites excluding steroid dienone is 2. The molecule has 0 amide bonds. The van der Waals surface area contributed by atoms with Gasteiger partial charge in [-0.1, -0.05) is 65.3 Å². The zero-order valence-electron chi connectivity index (χ0n) is 23.5. The number of hydrogen-bond donors (Lipinski definition) is 3. The number of anilines is 1. The average molecular weight is 603 g/mol. The minimum Gasteiger partial charge on any atom is -0.508 e. The van der Waals surface area contributed by atoms with E-state index in [1.807, 2.05) is 18.2 Å². The molecule has 2 aromatic carbocycles. The summed E-state index contributed by atoms with van der Waals surface area (Å²) in [5.74, 6) is 0.342. The minimum atomic E-state index is -0.332. The molecule has 0 saturated heterocycles. The number of nitrogens with zero attached hydrogens (tertiary/aromatic N) is 1. The van der Waals surface area contributed by atoms with Crippen molar-refractivity contribution in [3.05, 3.63) is 94.7 Å². The highest BCUT2D eigenvalue weighted by molar-refractivity contribution is 8.77. The molecule has 3 aromatic rings. The van der Waals surface area contributed by atoms with Crippen LogP contribution in [0.3, 0.4) is 0 Å². The number of benzene rings is 2. The summed E-state index contributed by atoms with van der Waals surface area (Å²) < 4.78 is 5.39. The van der Waals surface area contributed by atoms with Crippen LogP contribution in [-0.2, 0) is 9.59 Å². The molecular weight excluding hydrogens is 569 g/mol. The number of nitrogen functional groups attached to an aromatic ring is 1. The third kappa shape index (κ3) is 6.52. The van der Waals surface area contributed by atoms with Gasteiger partial charge in [0, 0.05) is 29.3 Å². The number of carbonyl (C=O) groups is 2. The van der Waals surface area contributed by atoms with Crippen molar-refractivity contribution in [3.8, 4) is 17.2 Å². The largest absolute Gasteiger partial charge is 0.508 e. The maximum absolute atomic E-state index is 12.8. The number of carbonyl (C=O) groups excluding carboxylic acids is 2. The van der Waals surface area contributed by atoms with E-state index in [-0.39, 0.29) is 57.6 Å². The molecule has 42 heavy (non-hydrogen) atoms. The van der Waals surface area contributed by atoms with Gasteiger partial charge in [-0.05, 0) is 71.0 Å². The van der Waals surface area contributed by atoms with Crippen LogP contribution < -0.4 is 10.5 Å². The second kappa shape index (κ2) is 13.1. The van der Waals surface area contributed by atoms with Gasteiger partial charge in [0.15, 0.2) is 17.3 Å². The number of phenols is 2. The first-order valence-corrected chi connectivity index (χ1v) is 16.2. The number of aromatic nitrogens is 1. The second-order valence-corrected chi connectivity index (χ2v) is 13.2. The van der Waals surface area contributed by atoms with Crippen LogP contribution in [0.15, 0.2) is 66.9 Å². The van der Waals surface area contributed by atoms with Crippen molar-refractivity contribution in [1.29, 1.82) is 0 Å². The molecule has 4 unspecified atom stereocenters.